The third kappa shape index (κ3) is 4.53. The van der Waals surface area contributed by atoms with Gasteiger partial charge in [-0.1, -0.05) is 0 Å². The SMILES string of the molecule is Cc1c([N+](=O)[O-])cc(NC(=O)c2cc3nc(-c4ccc(F)cc4)cc(C(F)(F)F)n3n2)cc1[N+](=O)[O-]. The van der Waals surface area contributed by atoms with E-state index in [9.17, 15) is 42.6 Å². The molecule has 2 aromatic carbocycles. The quantitative estimate of drug-likeness (QED) is 0.230. The van der Waals surface area contributed by atoms with Crippen LogP contribution in [0.3, 0.4) is 0 Å². The molecule has 0 spiro atoms. The van der Waals surface area contributed by atoms with Gasteiger partial charge < -0.3 is 5.32 Å². The number of anilines is 1. The fraction of sp³-hybridized carbons (Fsp3) is 0.0952. The average Bonchev–Trinajstić information content (AvgIpc) is 3.23. The Hall–Kier alpha value is -4.95. The number of nitrogens with one attached hydrogen (secondary N) is 1. The highest BCUT2D eigenvalue weighted by Crippen LogP contribution is 2.34. The molecule has 36 heavy (non-hydrogen) atoms. The molecular formula is C21H12F4N6O5. The number of nitro benzene ring substituents is 2. The van der Waals surface area contributed by atoms with Crippen LogP contribution in [0.15, 0.2) is 48.5 Å². The van der Waals surface area contributed by atoms with Gasteiger partial charge in [0.2, 0.25) is 0 Å². The van der Waals surface area contributed by atoms with Crippen molar-refractivity contribution in [2.24, 2.45) is 0 Å². The minimum absolute atomic E-state index is 0.161. The van der Waals surface area contributed by atoms with Crippen LogP contribution in [-0.2, 0) is 6.18 Å². The number of nitro groups is 2. The fourth-order valence-corrected chi connectivity index (χ4v) is 3.39. The zero-order valence-electron chi connectivity index (χ0n) is 17.9. The van der Waals surface area contributed by atoms with Gasteiger partial charge in [0.1, 0.15) is 11.4 Å². The van der Waals surface area contributed by atoms with Crippen LogP contribution < -0.4 is 5.32 Å². The number of benzene rings is 2. The first-order valence-corrected chi connectivity index (χ1v) is 9.84. The molecule has 0 saturated carbocycles. The molecule has 184 valence electrons. The van der Waals surface area contributed by atoms with Crippen molar-refractivity contribution < 1.29 is 32.2 Å². The molecule has 0 aliphatic heterocycles. The van der Waals surface area contributed by atoms with E-state index in [1.165, 1.54) is 12.1 Å². The molecule has 0 aliphatic rings. The van der Waals surface area contributed by atoms with E-state index in [-0.39, 0.29) is 28.2 Å². The van der Waals surface area contributed by atoms with Crippen LogP contribution in [0.1, 0.15) is 21.7 Å². The molecule has 0 aliphatic carbocycles. The Bertz CT molecular complexity index is 1510. The number of rotatable bonds is 5. The maximum atomic E-state index is 13.7. The molecule has 0 bridgehead atoms. The second kappa shape index (κ2) is 8.68. The highest BCUT2D eigenvalue weighted by molar-refractivity contribution is 6.04. The predicted octanol–water partition coefficient (Wildman–Crippen LogP) is 4.93. The number of carbonyl (C=O) groups excluding carboxylic acids is 1. The molecular weight excluding hydrogens is 492 g/mol. The van der Waals surface area contributed by atoms with Gasteiger partial charge in [0, 0.05) is 23.8 Å². The Balaban J connectivity index is 1.78. The van der Waals surface area contributed by atoms with Crippen LogP contribution in [0.5, 0.6) is 0 Å². The van der Waals surface area contributed by atoms with Crippen LogP contribution >= 0.6 is 0 Å². The van der Waals surface area contributed by atoms with Gasteiger partial charge in [-0.05, 0) is 37.3 Å². The lowest BCUT2D eigenvalue weighted by Gasteiger charge is -2.11. The average molecular weight is 504 g/mol. The largest absolute Gasteiger partial charge is 0.433 e. The predicted molar refractivity (Wildman–Crippen MR) is 116 cm³/mol. The molecule has 4 aromatic rings. The van der Waals surface area contributed by atoms with Crippen molar-refractivity contribution in [3.05, 3.63) is 91.5 Å². The van der Waals surface area contributed by atoms with Crippen molar-refractivity contribution in [2.45, 2.75) is 13.1 Å². The van der Waals surface area contributed by atoms with Crippen LogP contribution in [0, 0.1) is 33.0 Å². The van der Waals surface area contributed by atoms with Crippen molar-refractivity contribution in [1.29, 1.82) is 0 Å². The topological polar surface area (TPSA) is 146 Å². The first-order valence-electron chi connectivity index (χ1n) is 9.84. The van der Waals surface area contributed by atoms with Gasteiger partial charge in [-0.15, -0.1) is 0 Å². The Kier molecular flexibility index (Phi) is 5.83. The number of aromatic nitrogens is 3. The normalized spacial score (nSPS) is 11.5. The number of nitrogens with zero attached hydrogens (tertiary/aromatic N) is 5. The monoisotopic (exact) mass is 504 g/mol. The maximum absolute atomic E-state index is 13.7. The molecule has 15 heteroatoms. The fourth-order valence-electron chi connectivity index (χ4n) is 3.39. The zero-order valence-corrected chi connectivity index (χ0v) is 17.9. The van der Waals surface area contributed by atoms with E-state index in [0.717, 1.165) is 37.3 Å². The summed E-state index contributed by atoms with van der Waals surface area (Å²) in [5.41, 5.74) is -4.03. The number of hydrogen-bond donors (Lipinski definition) is 1. The van der Waals surface area contributed by atoms with Gasteiger partial charge in [-0.25, -0.2) is 13.9 Å². The number of fused-ring (bicyclic) bond motifs is 1. The van der Waals surface area contributed by atoms with Gasteiger partial charge in [0.25, 0.3) is 17.3 Å². The van der Waals surface area contributed by atoms with E-state index in [4.69, 9.17) is 0 Å². The second-order valence-corrected chi connectivity index (χ2v) is 7.44. The molecule has 1 amide bonds. The second-order valence-electron chi connectivity index (χ2n) is 7.44. The van der Waals surface area contributed by atoms with E-state index in [0.29, 0.717) is 10.6 Å². The Morgan fingerprint density at radius 1 is 1.00 bits per heavy atom. The summed E-state index contributed by atoms with van der Waals surface area (Å²) in [4.78, 5) is 37.5. The molecule has 2 heterocycles. The van der Waals surface area contributed by atoms with E-state index in [1.807, 2.05) is 0 Å². The van der Waals surface area contributed by atoms with Gasteiger partial charge in [0.15, 0.2) is 17.0 Å². The van der Waals surface area contributed by atoms with Gasteiger partial charge in [-0.3, -0.25) is 25.0 Å². The number of alkyl halides is 3. The van der Waals surface area contributed by atoms with Gasteiger partial charge in [-0.2, -0.15) is 18.3 Å². The standard InChI is InChI=1S/C21H12F4N6O5/c1-10-16(30(33)34)6-13(7-17(10)31(35)36)26-20(32)15-9-19-27-14(11-2-4-12(22)5-3-11)8-18(21(23,24)25)29(19)28-15/h2-9H,1H3,(H,26,32). The van der Waals surface area contributed by atoms with Crippen molar-refractivity contribution in [2.75, 3.05) is 5.32 Å². The summed E-state index contributed by atoms with van der Waals surface area (Å²) in [6, 6.07) is 7.93. The van der Waals surface area contributed by atoms with Gasteiger partial charge in [0.05, 0.1) is 21.2 Å². The molecule has 0 atom stereocenters. The minimum Gasteiger partial charge on any atom is -0.320 e. The molecule has 4 rings (SSSR count). The molecule has 2 aromatic heterocycles. The van der Waals surface area contributed by atoms with Crippen LogP contribution in [-0.4, -0.2) is 30.4 Å². The lowest BCUT2D eigenvalue weighted by atomic mass is 10.1. The van der Waals surface area contributed by atoms with Crippen molar-refractivity contribution in [1.82, 2.24) is 14.6 Å². The summed E-state index contributed by atoms with van der Waals surface area (Å²) >= 11 is 0. The minimum atomic E-state index is -4.91. The number of amides is 1. The number of hydrogen-bond acceptors (Lipinski definition) is 7. The van der Waals surface area contributed by atoms with Crippen molar-refractivity contribution >= 4 is 28.6 Å². The van der Waals surface area contributed by atoms with E-state index < -0.39 is 50.5 Å². The lowest BCUT2D eigenvalue weighted by molar-refractivity contribution is -0.395. The smallest absolute Gasteiger partial charge is 0.320 e. The summed E-state index contributed by atoms with van der Waals surface area (Å²) in [6.07, 6.45) is -4.91. The molecule has 1 N–H and O–H groups in total. The highest BCUT2D eigenvalue weighted by Gasteiger charge is 2.36. The third-order valence-electron chi connectivity index (χ3n) is 5.09. The highest BCUT2D eigenvalue weighted by atomic mass is 19.4. The first kappa shape index (κ1) is 24.2. The van der Waals surface area contributed by atoms with Crippen LogP contribution in [0.25, 0.3) is 16.9 Å². The Morgan fingerprint density at radius 3 is 2.11 bits per heavy atom. The Morgan fingerprint density at radius 2 is 1.58 bits per heavy atom. The zero-order chi connectivity index (χ0) is 26.4. The molecule has 0 saturated heterocycles. The summed E-state index contributed by atoms with van der Waals surface area (Å²) < 4.78 is 54.8. The number of halogens is 4. The molecule has 0 radical (unpaired) electrons. The number of carbonyl (C=O) groups is 1. The van der Waals surface area contributed by atoms with Gasteiger partial charge >= 0.3 is 6.18 Å². The summed E-state index contributed by atoms with van der Waals surface area (Å²) in [6.45, 7) is 1.16. The molecule has 0 unspecified atom stereocenters. The van der Waals surface area contributed by atoms with Crippen LogP contribution in [0.4, 0.5) is 34.6 Å². The van der Waals surface area contributed by atoms with E-state index >= 15 is 0 Å². The van der Waals surface area contributed by atoms with E-state index in [1.54, 1.807) is 0 Å². The van der Waals surface area contributed by atoms with Crippen molar-refractivity contribution in [3.63, 3.8) is 0 Å². The molecule has 0 fully saturated rings. The van der Waals surface area contributed by atoms with Crippen molar-refractivity contribution in [3.8, 4) is 11.3 Å². The first-order chi connectivity index (χ1) is 16.8. The third-order valence-corrected chi connectivity index (χ3v) is 5.09. The summed E-state index contributed by atoms with van der Waals surface area (Å²) in [7, 11) is 0. The Labute approximate surface area is 197 Å². The summed E-state index contributed by atoms with van der Waals surface area (Å²) in [5.74, 6) is -1.69. The van der Waals surface area contributed by atoms with Crippen LogP contribution in [0.2, 0.25) is 0 Å². The summed E-state index contributed by atoms with van der Waals surface area (Å²) in [5, 5.41) is 28.3. The lowest BCUT2D eigenvalue weighted by Crippen LogP contribution is -2.16. The maximum Gasteiger partial charge on any atom is 0.433 e. The molecule has 11 nitrogen and oxygen atoms in total. The van der Waals surface area contributed by atoms with E-state index in [2.05, 4.69) is 15.4 Å².